The summed E-state index contributed by atoms with van der Waals surface area (Å²) in [4.78, 5) is 4.73. The van der Waals surface area contributed by atoms with Crippen molar-refractivity contribution in [3.8, 4) is 11.3 Å². The minimum absolute atomic E-state index is 0.387. The van der Waals surface area contributed by atoms with Gasteiger partial charge in [0.2, 0.25) is 0 Å². The van der Waals surface area contributed by atoms with Crippen molar-refractivity contribution in [3.63, 3.8) is 0 Å². The van der Waals surface area contributed by atoms with Crippen molar-refractivity contribution in [1.29, 1.82) is 0 Å². The topological polar surface area (TPSA) is 90.0 Å². The molecule has 33 heavy (non-hydrogen) atoms. The standard InChI is InChI=1S/C25H30N6O2/c1-3-31-25-22(16-28-31)23(29-20-9-11-32-12-10-20)19(14-27-25)13-26-15-21-17(2)33-30-24(21)18-7-5-4-6-8-18/h4-8,14,16,20,26H,3,9-13,15H2,1-2H3,(H,27,29). The summed E-state index contributed by atoms with van der Waals surface area (Å²) in [5, 5.41) is 17.3. The summed E-state index contributed by atoms with van der Waals surface area (Å²) in [6, 6.07) is 10.5. The third-order valence-corrected chi connectivity index (χ3v) is 6.26. The Hall–Kier alpha value is -3.23. The molecular weight excluding hydrogens is 416 g/mol. The Morgan fingerprint density at radius 1 is 1.09 bits per heavy atom. The van der Waals surface area contributed by atoms with Crippen LogP contribution in [0.25, 0.3) is 22.3 Å². The summed E-state index contributed by atoms with van der Waals surface area (Å²) < 4.78 is 13.0. The van der Waals surface area contributed by atoms with Crippen LogP contribution in [0.4, 0.5) is 5.69 Å². The van der Waals surface area contributed by atoms with E-state index >= 15 is 0 Å². The molecule has 1 saturated heterocycles. The molecule has 8 heteroatoms. The molecule has 1 aliphatic rings. The van der Waals surface area contributed by atoms with Gasteiger partial charge in [0.25, 0.3) is 0 Å². The molecule has 0 spiro atoms. The van der Waals surface area contributed by atoms with Crippen LogP contribution in [-0.4, -0.2) is 39.2 Å². The van der Waals surface area contributed by atoms with Gasteiger partial charge in [-0.15, -0.1) is 0 Å². The van der Waals surface area contributed by atoms with E-state index in [1.165, 1.54) is 0 Å². The molecule has 0 unspecified atom stereocenters. The highest BCUT2D eigenvalue weighted by molar-refractivity contribution is 5.90. The van der Waals surface area contributed by atoms with Crippen LogP contribution in [0, 0.1) is 6.92 Å². The number of nitrogens with one attached hydrogen (secondary N) is 2. The molecule has 1 aliphatic heterocycles. The van der Waals surface area contributed by atoms with E-state index in [1.54, 1.807) is 0 Å². The highest BCUT2D eigenvalue weighted by Gasteiger charge is 2.19. The van der Waals surface area contributed by atoms with Crippen LogP contribution < -0.4 is 10.6 Å². The maximum Gasteiger partial charge on any atom is 0.159 e. The smallest absolute Gasteiger partial charge is 0.159 e. The van der Waals surface area contributed by atoms with E-state index in [9.17, 15) is 0 Å². The Morgan fingerprint density at radius 3 is 2.70 bits per heavy atom. The first-order chi connectivity index (χ1) is 16.2. The lowest BCUT2D eigenvalue weighted by Crippen LogP contribution is -2.28. The minimum Gasteiger partial charge on any atom is -0.381 e. The molecule has 0 radical (unpaired) electrons. The van der Waals surface area contributed by atoms with Gasteiger partial charge in [-0.25, -0.2) is 9.67 Å². The van der Waals surface area contributed by atoms with E-state index in [0.717, 1.165) is 77.5 Å². The second-order valence-corrected chi connectivity index (χ2v) is 8.42. The van der Waals surface area contributed by atoms with Crippen molar-refractivity contribution in [2.45, 2.75) is 52.4 Å². The van der Waals surface area contributed by atoms with Crippen molar-refractivity contribution in [2.24, 2.45) is 0 Å². The highest BCUT2D eigenvalue weighted by atomic mass is 16.5. The first-order valence-corrected chi connectivity index (χ1v) is 11.6. The van der Waals surface area contributed by atoms with Crippen molar-refractivity contribution < 1.29 is 9.26 Å². The molecule has 1 fully saturated rings. The fraction of sp³-hybridized carbons (Fsp3) is 0.400. The summed E-state index contributed by atoms with van der Waals surface area (Å²) >= 11 is 0. The molecule has 0 saturated carbocycles. The van der Waals surface area contributed by atoms with Crippen molar-refractivity contribution in [3.05, 3.63) is 59.6 Å². The van der Waals surface area contributed by atoms with Crippen LogP contribution in [-0.2, 0) is 24.4 Å². The van der Waals surface area contributed by atoms with Gasteiger partial charge < -0.3 is 19.9 Å². The van der Waals surface area contributed by atoms with E-state index in [-0.39, 0.29) is 0 Å². The zero-order valence-corrected chi connectivity index (χ0v) is 19.2. The van der Waals surface area contributed by atoms with Crippen LogP contribution in [0.15, 0.2) is 47.2 Å². The Morgan fingerprint density at radius 2 is 1.91 bits per heavy atom. The second kappa shape index (κ2) is 9.72. The molecule has 2 N–H and O–H groups in total. The van der Waals surface area contributed by atoms with Crippen molar-refractivity contribution >= 4 is 16.7 Å². The van der Waals surface area contributed by atoms with E-state index < -0.39 is 0 Å². The summed E-state index contributed by atoms with van der Waals surface area (Å²) in [6.45, 7) is 7.75. The molecule has 3 aromatic heterocycles. The molecule has 1 aromatic carbocycles. The summed E-state index contributed by atoms with van der Waals surface area (Å²) in [5.74, 6) is 0.833. The number of benzene rings is 1. The van der Waals surface area contributed by atoms with Gasteiger partial charge in [0.15, 0.2) is 5.65 Å². The van der Waals surface area contributed by atoms with Gasteiger partial charge in [0.05, 0.1) is 17.3 Å². The van der Waals surface area contributed by atoms with Gasteiger partial charge in [-0.05, 0) is 26.7 Å². The maximum atomic E-state index is 5.55. The third kappa shape index (κ3) is 4.49. The van der Waals surface area contributed by atoms with Gasteiger partial charge in [-0.3, -0.25) is 0 Å². The number of hydrogen-bond donors (Lipinski definition) is 2. The summed E-state index contributed by atoms with van der Waals surface area (Å²) in [5.41, 5.74) is 6.18. The lowest BCUT2D eigenvalue weighted by molar-refractivity contribution is 0.0904. The maximum absolute atomic E-state index is 5.55. The van der Waals surface area contributed by atoms with Gasteiger partial charge in [-0.1, -0.05) is 35.5 Å². The molecule has 172 valence electrons. The zero-order chi connectivity index (χ0) is 22.6. The number of fused-ring (bicyclic) bond motifs is 1. The van der Waals surface area contributed by atoms with Gasteiger partial charge in [-0.2, -0.15) is 5.10 Å². The quantitative estimate of drug-likeness (QED) is 0.417. The number of anilines is 1. The molecule has 8 nitrogen and oxygen atoms in total. The summed E-state index contributed by atoms with van der Waals surface area (Å²) in [7, 11) is 0. The minimum atomic E-state index is 0.387. The number of pyridine rings is 1. The number of rotatable bonds is 8. The number of hydrogen-bond acceptors (Lipinski definition) is 7. The molecule has 0 amide bonds. The molecule has 5 rings (SSSR count). The summed E-state index contributed by atoms with van der Waals surface area (Å²) in [6.07, 6.45) is 5.88. The highest BCUT2D eigenvalue weighted by Crippen LogP contribution is 2.29. The van der Waals surface area contributed by atoms with E-state index in [2.05, 4.69) is 39.9 Å². The number of aryl methyl sites for hydroxylation is 2. The number of aromatic nitrogens is 4. The lowest BCUT2D eigenvalue weighted by Gasteiger charge is -2.25. The third-order valence-electron chi connectivity index (χ3n) is 6.26. The van der Waals surface area contributed by atoms with Gasteiger partial charge in [0.1, 0.15) is 11.5 Å². The van der Waals surface area contributed by atoms with Crippen molar-refractivity contribution in [1.82, 2.24) is 25.2 Å². The van der Waals surface area contributed by atoms with E-state index in [1.807, 2.05) is 42.2 Å². The van der Waals surface area contributed by atoms with E-state index in [0.29, 0.717) is 19.1 Å². The second-order valence-electron chi connectivity index (χ2n) is 8.42. The van der Waals surface area contributed by atoms with Crippen LogP contribution in [0.3, 0.4) is 0 Å². The largest absolute Gasteiger partial charge is 0.381 e. The Kier molecular flexibility index (Phi) is 6.37. The first kappa shape index (κ1) is 21.6. The predicted molar refractivity (Wildman–Crippen MR) is 128 cm³/mol. The number of nitrogens with zero attached hydrogens (tertiary/aromatic N) is 4. The zero-order valence-electron chi connectivity index (χ0n) is 19.2. The van der Waals surface area contributed by atoms with Crippen molar-refractivity contribution in [2.75, 3.05) is 18.5 Å². The Bertz CT molecular complexity index is 1210. The molecule has 4 aromatic rings. The Balaban J connectivity index is 1.38. The molecular formula is C25H30N6O2. The van der Waals surface area contributed by atoms with E-state index in [4.69, 9.17) is 14.2 Å². The Labute approximate surface area is 193 Å². The number of ether oxygens (including phenoxy) is 1. The fourth-order valence-corrected chi connectivity index (χ4v) is 4.39. The van der Waals surface area contributed by atoms with Gasteiger partial charge >= 0.3 is 0 Å². The normalized spacial score (nSPS) is 14.7. The van der Waals surface area contributed by atoms with Crippen LogP contribution in [0.2, 0.25) is 0 Å². The van der Waals surface area contributed by atoms with Gasteiger partial charge in [0, 0.05) is 61.8 Å². The van der Waals surface area contributed by atoms with Crippen LogP contribution in [0.1, 0.15) is 36.7 Å². The molecule has 4 heterocycles. The fourth-order valence-electron chi connectivity index (χ4n) is 4.39. The first-order valence-electron chi connectivity index (χ1n) is 11.6. The SMILES string of the molecule is CCn1ncc2c(NC3CCOCC3)c(CNCc3c(-c4ccccc4)noc3C)cnc21. The lowest BCUT2D eigenvalue weighted by atomic mass is 10.1. The average molecular weight is 447 g/mol. The monoisotopic (exact) mass is 446 g/mol. The predicted octanol–water partition coefficient (Wildman–Crippen LogP) is 4.30. The van der Waals surface area contributed by atoms with Crippen LogP contribution in [0.5, 0.6) is 0 Å². The molecule has 0 atom stereocenters. The van der Waals surface area contributed by atoms with Crippen LogP contribution >= 0.6 is 0 Å². The average Bonchev–Trinajstić information content (AvgIpc) is 3.45. The molecule has 0 aliphatic carbocycles. The molecule has 0 bridgehead atoms.